The molecule has 29 heavy (non-hydrogen) atoms. The highest BCUT2D eigenvalue weighted by Crippen LogP contribution is 2.31. The zero-order valence-corrected chi connectivity index (χ0v) is 17.5. The van der Waals surface area contributed by atoms with Crippen LogP contribution in [0.4, 0.5) is 5.00 Å². The Bertz CT molecular complexity index is 846. The average Bonchev–Trinajstić information content (AvgIpc) is 3.07. The van der Waals surface area contributed by atoms with E-state index in [0.29, 0.717) is 28.5 Å². The Morgan fingerprint density at radius 3 is 2.45 bits per heavy atom. The molecule has 0 aliphatic heterocycles. The second kappa shape index (κ2) is 10.7. The van der Waals surface area contributed by atoms with Crippen LogP contribution in [-0.2, 0) is 25.5 Å². The molecule has 156 valence electrons. The summed E-state index contributed by atoms with van der Waals surface area (Å²) in [5.74, 6) is -1.72. The van der Waals surface area contributed by atoms with Crippen LogP contribution >= 0.6 is 11.3 Å². The number of carbonyl (C=O) groups excluding carboxylic acids is 3. The van der Waals surface area contributed by atoms with Crippen molar-refractivity contribution in [3.05, 3.63) is 52.4 Å². The summed E-state index contributed by atoms with van der Waals surface area (Å²) >= 11 is 1.22. The smallest absolute Gasteiger partial charge is 0.341 e. The van der Waals surface area contributed by atoms with Gasteiger partial charge in [-0.1, -0.05) is 44.2 Å². The van der Waals surface area contributed by atoms with E-state index in [9.17, 15) is 19.5 Å². The van der Waals surface area contributed by atoms with Crippen LogP contribution in [0, 0.1) is 5.92 Å². The van der Waals surface area contributed by atoms with Crippen LogP contribution in [0.3, 0.4) is 0 Å². The number of aliphatic hydroxyl groups is 1. The third-order valence-electron chi connectivity index (χ3n) is 3.91. The molecule has 0 saturated heterocycles. The number of ether oxygens (including phenoxy) is 2. The van der Waals surface area contributed by atoms with E-state index in [1.54, 1.807) is 37.3 Å². The summed E-state index contributed by atoms with van der Waals surface area (Å²) in [6.45, 7) is 5.41. The fourth-order valence-corrected chi connectivity index (χ4v) is 3.63. The Balaban J connectivity index is 2.02. The zero-order chi connectivity index (χ0) is 21.4. The first-order valence-corrected chi connectivity index (χ1v) is 10.2. The number of amides is 1. The number of rotatable bonds is 9. The maximum absolute atomic E-state index is 12.3. The molecule has 8 heteroatoms. The first-order chi connectivity index (χ1) is 13.8. The Morgan fingerprint density at radius 1 is 1.14 bits per heavy atom. The number of thiophene rings is 1. The first-order valence-electron chi connectivity index (χ1n) is 9.30. The maximum atomic E-state index is 12.3. The summed E-state index contributed by atoms with van der Waals surface area (Å²) in [6.07, 6.45) is -0.808. The van der Waals surface area contributed by atoms with E-state index in [2.05, 4.69) is 5.32 Å². The van der Waals surface area contributed by atoms with Crippen LogP contribution < -0.4 is 5.32 Å². The summed E-state index contributed by atoms with van der Waals surface area (Å²) < 4.78 is 10.0. The van der Waals surface area contributed by atoms with Crippen molar-refractivity contribution in [3.8, 4) is 0 Å². The van der Waals surface area contributed by atoms with Crippen LogP contribution in [0.1, 0.15) is 48.4 Å². The largest absolute Gasteiger partial charge is 0.462 e. The van der Waals surface area contributed by atoms with Crippen LogP contribution in [-0.4, -0.2) is 36.2 Å². The predicted octanol–water partition coefficient (Wildman–Crippen LogP) is 3.34. The number of benzene rings is 1. The summed E-state index contributed by atoms with van der Waals surface area (Å²) in [7, 11) is 0. The molecule has 0 fully saturated rings. The van der Waals surface area contributed by atoms with E-state index in [-0.39, 0.29) is 6.61 Å². The van der Waals surface area contributed by atoms with Gasteiger partial charge in [0, 0.05) is 0 Å². The number of aliphatic hydroxyl groups excluding tert-OH is 1. The Labute approximate surface area is 173 Å². The molecule has 0 aliphatic rings. The number of anilines is 1. The van der Waals surface area contributed by atoms with Crippen molar-refractivity contribution in [2.45, 2.75) is 33.3 Å². The second-order valence-corrected chi connectivity index (χ2v) is 7.63. The molecule has 2 aromatic rings. The van der Waals surface area contributed by atoms with Crippen LogP contribution in [0.2, 0.25) is 0 Å². The van der Waals surface area contributed by atoms with Crippen molar-refractivity contribution >= 4 is 34.2 Å². The summed E-state index contributed by atoms with van der Waals surface area (Å²) in [6, 6.07) is 8.28. The van der Waals surface area contributed by atoms with Crippen molar-refractivity contribution < 1.29 is 29.0 Å². The van der Waals surface area contributed by atoms with Gasteiger partial charge in [-0.3, -0.25) is 4.79 Å². The standard InChI is InChI=1S/C21H25NO6S/c1-4-27-20(25)17-15(10-13(2)3)12-29-19(17)22-16(23)11-28-21(26)18(24)14-8-6-5-7-9-14/h5-9,12-13,18,24H,4,10-11H2,1-3H3,(H,22,23)/t18-/m0/s1. The molecular formula is C21H25NO6S. The van der Waals surface area contributed by atoms with E-state index < -0.39 is 30.6 Å². The molecule has 0 radical (unpaired) electrons. The van der Waals surface area contributed by atoms with Gasteiger partial charge in [0.05, 0.1) is 12.2 Å². The summed E-state index contributed by atoms with van der Waals surface area (Å²) in [5.41, 5.74) is 1.50. The molecular weight excluding hydrogens is 394 g/mol. The molecule has 2 rings (SSSR count). The van der Waals surface area contributed by atoms with Crippen LogP contribution in [0.25, 0.3) is 0 Å². The van der Waals surface area contributed by atoms with Gasteiger partial charge < -0.3 is 19.9 Å². The molecule has 1 heterocycles. The van der Waals surface area contributed by atoms with Gasteiger partial charge >= 0.3 is 11.9 Å². The first kappa shape index (κ1) is 22.6. The average molecular weight is 419 g/mol. The van der Waals surface area contributed by atoms with Gasteiger partial charge in [0.1, 0.15) is 5.00 Å². The van der Waals surface area contributed by atoms with E-state index in [0.717, 1.165) is 5.56 Å². The van der Waals surface area contributed by atoms with Gasteiger partial charge in [0.15, 0.2) is 12.7 Å². The van der Waals surface area contributed by atoms with Crippen molar-refractivity contribution in [1.82, 2.24) is 0 Å². The molecule has 1 amide bonds. The van der Waals surface area contributed by atoms with Crippen LogP contribution in [0.15, 0.2) is 35.7 Å². The number of nitrogens with one attached hydrogen (secondary N) is 1. The van der Waals surface area contributed by atoms with Gasteiger partial charge in [-0.15, -0.1) is 11.3 Å². The minimum absolute atomic E-state index is 0.220. The number of esters is 2. The van der Waals surface area contributed by atoms with Crippen molar-refractivity contribution in [2.24, 2.45) is 5.92 Å². The SMILES string of the molecule is CCOC(=O)c1c(CC(C)C)csc1NC(=O)COC(=O)[C@@H](O)c1ccccc1. The Morgan fingerprint density at radius 2 is 1.83 bits per heavy atom. The number of hydrogen-bond acceptors (Lipinski definition) is 7. The monoisotopic (exact) mass is 419 g/mol. The van der Waals surface area contributed by atoms with Crippen molar-refractivity contribution in [2.75, 3.05) is 18.5 Å². The highest BCUT2D eigenvalue weighted by Gasteiger charge is 2.24. The Kier molecular flexibility index (Phi) is 8.35. The number of hydrogen-bond donors (Lipinski definition) is 2. The lowest BCUT2D eigenvalue weighted by molar-refractivity contribution is -0.156. The maximum Gasteiger partial charge on any atom is 0.341 e. The van der Waals surface area contributed by atoms with E-state index >= 15 is 0 Å². The Hall–Kier alpha value is -2.71. The van der Waals surface area contributed by atoms with Crippen molar-refractivity contribution in [3.63, 3.8) is 0 Å². The zero-order valence-electron chi connectivity index (χ0n) is 16.6. The normalized spacial score (nSPS) is 11.8. The minimum atomic E-state index is -1.47. The molecule has 7 nitrogen and oxygen atoms in total. The molecule has 0 aliphatic carbocycles. The molecule has 0 bridgehead atoms. The van der Waals surface area contributed by atoms with E-state index in [4.69, 9.17) is 9.47 Å². The fourth-order valence-electron chi connectivity index (χ4n) is 2.65. The minimum Gasteiger partial charge on any atom is -0.462 e. The topological polar surface area (TPSA) is 102 Å². The van der Waals surface area contributed by atoms with Gasteiger partial charge in [-0.05, 0) is 35.8 Å². The molecule has 2 N–H and O–H groups in total. The van der Waals surface area contributed by atoms with Gasteiger partial charge in [0.25, 0.3) is 5.91 Å². The third-order valence-corrected chi connectivity index (χ3v) is 4.86. The highest BCUT2D eigenvalue weighted by molar-refractivity contribution is 7.15. The van der Waals surface area contributed by atoms with Gasteiger partial charge in [-0.2, -0.15) is 0 Å². The predicted molar refractivity (Wildman–Crippen MR) is 110 cm³/mol. The fraction of sp³-hybridized carbons (Fsp3) is 0.381. The van der Waals surface area contributed by atoms with E-state index in [1.165, 1.54) is 11.3 Å². The second-order valence-electron chi connectivity index (χ2n) is 6.75. The quantitative estimate of drug-likeness (QED) is 0.605. The molecule has 1 aromatic heterocycles. The molecule has 1 atom stereocenters. The van der Waals surface area contributed by atoms with Gasteiger partial charge in [0.2, 0.25) is 0 Å². The summed E-state index contributed by atoms with van der Waals surface area (Å²) in [4.78, 5) is 36.5. The van der Waals surface area contributed by atoms with Crippen molar-refractivity contribution in [1.29, 1.82) is 0 Å². The molecule has 1 aromatic carbocycles. The highest BCUT2D eigenvalue weighted by atomic mass is 32.1. The molecule has 0 spiro atoms. The lowest BCUT2D eigenvalue weighted by atomic mass is 10.0. The summed E-state index contributed by atoms with van der Waals surface area (Å²) in [5, 5.41) is 14.8. The lowest BCUT2D eigenvalue weighted by Crippen LogP contribution is -2.24. The van der Waals surface area contributed by atoms with E-state index in [1.807, 2.05) is 19.2 Å². The lowest BCUT2D eigenvalue weighted by Gasteiger charge is -2.12. The molecule has 0 unspecified atom stereocenters. The van der Waals surface area contributed by atoms with Crippen LogP contribution in [0.5, 0.6) is 0 Å². The van der Waals surface area contributed by atoms with Gasteiger partial charge in [-0.25, -0.2) is 9.59 Å². The molecule has 0 saturated carbocycles. The number of carbonyl (C=O) groups is 3. The third kappa shape index (κ3) is 6.40.